The Hall–Kier alpha value is -0.290. The van der Waals surface area contributed by atoms with Crippen LogP contribution in [0.2, 0.25) is 4.34 Å². The highest BCUT2D eigenvalue weighted by Crippen LogP contribution is 2.20. The smallest absolute Gasteiger partial charge is 0.261 e. The van der Waals surface area contributed by atoms with Crippen molar-refractivity contribution in [3.8, 4) is 0 Å². The lowest BCUT2D eigenvalue weighted by atomic mass is 10.4. The van der Waals surface area contributed by atoms with Crippen molar-refractivity contribution in [1.82, 2.24) is 10.6 Å². The van der Waals surface area contributed by atoms with Crippen molar-refractivity contribution in [3.63, 3.8) is 0 Å². The van der Waals surface area contributed by atoms with E-state index >= 15 is 0 Å². The molecule has 6 heteroatoms. The van der Waals surface area contributed by atoms with Crippen LogP contribution in [0.1, 0.15) is 16.6 Å². The fraction of sp³-hybridized carbons (Fsp3) is 0.444. The number of amides is 1. The number of rotatable bonds is 5. The minimum Gasteiger partial charge on any atom is -0.350 e. The second-order valence-electron chi connectivity index (χ2n) is 2.71. The predicted molar refractivity (Wildman–Crippen MR) is 67.5 cm³/mol. The third-order valence-corrected chi connectivity index (χ3v) is 2.86. The topological polar surface area (TPSA) is 41.1 Å². The molecule has 0 aromatic carbocycles. The fourth-order valence-electron chi connectivity index (χ4n) is 0.965. The van der Waals surface area contributed by atoms with Gasteiger partial charge in [-0.25, -0.2) is 0 Å². The van der Waals surface area contributed by atoms with E-state index in [0.29, 0.717) is 15.8 Å². The van der Waals surface area contributed by atoms with E-state index in [1.165, 1.54) is 11.3 Å². The van der Waals surface area contributed by atoms with Crippen molar-refractivity contribution in [2.75, 3.05) is 19.6 Å². The van der Waals surface area contributed by atoms with Gasteiger partial charge in [0, 0.05) is 13.1 Å². The highest BCUT2D eigenvalue weighted by atomic mass is 35.5. The van der Waals surface area contributed by atoms with Crippen LogP contribution in [-0.4, -0.2) is 25.5 Å². The molecule has 0 fully saturated rings. The average Bonchev–Trinajstić information content (AvgIpc) is 2.59. The molecule has 1 aromatic rings. The molecule has 1 amide bonds. The van der Waals surface area contributed by atoms with Gasteiger partial charge in [0.25, 0.3) is 5.91 Å². The van der Waals surface area contributed by atoms with Crippen LogP contribution >= 0.6 is 35.3 Å². The summed E-state index contributed by atoms with van der Waals surface area (Å²) >= 11 is 7.01. The van der Waals surface area contributed by atoms with Gasteiger partial charge in [0.1, 0.15) is 0 Å². The summed E-state index contributed by atoms with van der Waals surface area (Å²) in [5, 5.41) is 5.92. The van der Waals surface area contributed by atoms with Crippen LogP contribution in [0.5, 0.6) is 0 Å². The van der Waals surface area contributed by atoms with Crippen LogP contribution in [0.15, 0.2) is 12.1 Å². The zero-order valence-electron chi connectivity index (χ0n) is 8.38. The van der Waals surface area contributed by atoms with Crippen molar-refractivity contribution >= 4 is 41.3 Å². The van der Waals surface area contributed by atoms with Crippen LogP contribution in [-0.2, 0) is 0 Å². The largest absolute Gasteiger partial charge is 0.350 e. The van der Waals surface area contributed by atoms with Gasteiger partial charge in [-0.1, -0.05) is 18.5 Å². The number of likely N-dealkylation sites (N-methyl/N-ethyl adjacent to an activating group) is 1. The number of carbonyl (C=O) groups is 1. The van der Waals surface area contributed by atoms with Gasteiger partial charge < -0.3 is 10.6 Å². The average molecular weight is 269 g/mol. The van der Waals surface area contributed by atoms with Gasteiger partial charge in [-0.2, -0.15) is 0 Å². The number of hydrogen-bond donors (Lipinski definition) is 2. The van der Waals surface area contributed by atoms with E-state index in [1.54, 1.807) is 12.1 Å². The Bertz CT molecular complexity index is 304. The molecule has 0 spiro atoms. The van der Waals surface area contributed by atoms with E-state index in [1.807, 2.05) is 6.92 Å². The summed E-state index contributed by atoms with van der Waals surface area (Å²) in [5.41, 5.74) is 0. The molecule has 0 saturated heterocycles. The van der Waals surface area contributed by atoms with Crippen LogP contribution in [0.4, 0.5) is 0 Å². The van der Waals surface area contributed by atoms with Crippen molar-refractivity contribution in [2.45, 2.75) is 6.92 Å². The maximum Gasteiger partial charge on any atom is 0.261 e. The van der Waals surface area contributed by atoms with Crippen LogP contribution < -0.4 is 10.6 Å². The molecule has 2 N–H and O–H groups in total. The molecule has 0 bridgehead atoms. The number of hydrogen-bond acceptors (Lipinski definition) is 3. The number of halogens is 2. The Kier molecular flexibility index (Phi) is 7.78. The molecule has 3 nitrogen and oxygen atoms in total. The number of nitrogens with one attached hydrogen (secondary N) is 2. The Labute approximate surface area is 105 Å². The van der Waals surface area contributed by atoms with Crippen molar-refractivity contribution in [3.05, 3.63) is 21.3 Å². The van der Waals surface area contributed by atoms with Gasteiger partial charge in [-0.05, 0) is 18.7 Å². The molecule has 1 aromatic heterocycles. The molecule has 1 heterocycles. The molecular weight excluding hydrogens is 255 g/mol. The Morgan fingerprint density at radius 3 is 2.73 bits per heavy atom. The first kappa shape index (κ1) is 14.7. The summed E-state index contributed by atoms with van der Waals surface area (Å²) in [4.78, 5) is 12.1. The Balaban J connectivity index is 0.00000196. The van der Waals surface area contributed by atoms with E-state index in [0.717, 1.165) is 13.1 Å². The highest BCUT2D eigenvalue weighted by Gasteiger charge is 2.06. The minimum absolute atomic E-state index is 0. The standard InChI is InChI=1S/C9H13ClN2OS.ClH/c1-2-11-5-6-12-9(13)7-3-4-8(10)14-7;/h3-4,11H,2,5-6H2,1H3,(H,12,13);1H. The van der Waals surface area contributed by atoms with Crippen LogP contribution in [0.3, 0.4) is 0 Å². The summed E-state index contributed by atoms with van der Waals surface area (Å²) < 4.78 is 0.641. The van der Waals surface area contributed by atoms with Gasteiger partial charge in [-0.3, -0.25) is 4.79 Å². The summed E-state index contributed by atoms with van der Waals surface area (Å²) in [6.45, 7) is 4.38. The van der Waals surface area contributed by atoms with Crippen molar-refractivity contribution < 1.29 is 4.79 Å². The summed E-state index contributed by atoms with van der Waals surface area (Å²) in [6.07, 6.45) is 0. The van der Waals surface area contributed by atoms with Crippen LogP contribution in [0, 0.1) is 0 Å². The number of carbonyl (C=O) groups excluding carboxylic acids is 1. The zero-order valence-corrected chi connectivity index (χ0v) is 10.8. The van der Waals surface area contributed by atoms with Gasteiger partial charge in [0.15, 0.2) is 0 Å². The van der Waals surface area contributed by atoms with E-state index in [-0.39, 0.29) is 18.3 Å². The first-order valence-electron chi connectivity index (χ1n) is 4.48. The molecule has 0 aliphatic rings. The molecular formula is C9H14Cl2N2OS. The summed E-state index contributed by atoms with van der Waals surface area (Å²) in [6, 6.07) is 3.46. The maximum atomic E-state index is 11.4. The molecule has 0 unspecified atom stereocenters. The normalized spacial score (nSPS) is 9.47. The van der Waals surface area contributed by atoms with E-state index in [9.17, 15) is 4.79 Å². The van der Waals surface area contributed by atoms with Crippen molar-refractivity contribution in [1.29, 1.82) is 0 Å². The van der Waals surface area contributed by atoms with Crippen LogP contribution in [0.25, 0.3) is 0 Å². The Morgan fingerprint density at radius 2 is 2.20 bits per heavy atom. The lowest BCUT2D eigenvalue weighted by Gasteiger charge is -2.03. The van der Waals surface area contributed by atoms with Gasteiger partial charge in [0.2, 0.25) is 0 Å². The first-order valence-corrected chi connectivity index (χ1v) is 5.67. The van der Waals surface area contributed by atoms with Crippen molar-refractivity contribution in [2.24, 2.45) is 0 Å². The second kappa shape index (κ2) is 7.93. The Morgan fingerprint density at radius 1 is 1.47 bits per heavy atom. The van der Waals surface area contributed by atoms with Gasteiger partial charge >= 0.3 is 0 Å². The molecule has 0 aliphatic carbocycles. The molecule has 0 radical (unpaired) electrons. The second-order valence-corrected chi connectivity index (χ2v) is 4.43. The molecule has 0 saturated carbocycles. The maximum absolute atomic E-state index is 11.4. The monoisotopic (exact) mass is 268 g/mol. The van der Waals surface area contributed by atoms with E-state index < -0.39 is 0 Å². The van der Waals surface area contributed by atoms with Gasteiger partial charge in [0.05, 0.1) is 9.21 Å². The van der Waals surface area contributed by atoms with Gasteiger partial charge in [-0.15, -0.1) is 23.7 Å². The molecule has 1 rings (SSSR count). The quantitative estimate of drug-likeness (QED) is 0.804. The first-order chi connectivity index (χ1) is 6.74. The fourth-order valence-corrected chi connectivity index (χ4v) is 1.92. The number of thiophene rings is 1. The minimum atomic E-state index is -0.0557. The van der Waals surface area contributed by atoms with E-state index in [4.69, 9.17) is 11.6 Å². The molecule has 15 heavy (non-hydrogen) atoms. The SMILES string of the molecule is CCNCCNC(=O)c1ccc(Cl)s1.Cl. The summed E-state index contributed by atoms with van der Waals surface area (Å²) in [5.74, 6) is -0.0557. The molecule has 0 atom stereocenters. The lowest BCUT2D eigenvalue weighted by molar-refractivity contribution is 0.0958. The highest BCUT2D eigenvalue weighted by molar-refractivity contribution is 7.17. The third kappa shape index (κ3) is 5.37. The lowest BCUT2D eigenvalue weighted by Crippen LogP contribution is -2.31. The summed E-state index contributed by atoms with van der Waals surface area (Å²) in [7, 11) is 0. The molecule has 86 valence electrons. The van der Waals surface area contributed by atoms with E-state index in [2.05, 4.69) is 10.6 Å². The predicted octanol–water partition coefficient (Wildman–Crippen LogP) is 2.16. The zero-order chi connectivity index (χ0) is 10.4. The molecule has 0 aliphatic heterocycles. The third-order valence-electron chi connectivity index (χ3n) is 1.63.